The fourth-order valence-corrected chi connectivity index (χ4v) is 3.95. The molecule has 1 amide bonds. The van der Waals surface area contributed by atoms with Gasteiger partial charge in [0.15, 0.2) is 9.84 Å². The van der Waals surface area contributed by atoms with Crippen molar-refractivity contribution in [3.05, 3.63) is 35.4 Å². The fraction of sp³-hybridized carbons (Fsp3) is 0.533. The van der Waals surface area contributed by atoms with E-state index in [-0.39, 0.29) is 11.6 Å². The number of sulfone groups is 1. The number of hydrogen-bond acceptors (Lipinski definition) is 3. The van der Waals surface area contributed by atoms with Crippen molar-refractivity contribution >= 4 is 15.7 Å². The minimum absolute atomic E-state index is 0.00579. The molecule has 1 fully saturated rings. The van der Waals surface area contributed by atoms with Crippen LogP contribution in [0.1, 0.15) is 36.8 Å². The summed E-state index contributed by atoms with van der Waals surface area (Å²) in [5.74, 6) is -1.89. The van der Waals surface area contributed by atoms with Crippen LogP contribution in [0.15, 0.2) is 24.3 Å². The van der Waals surface area contributed by atoms with Crippen LogP contribution in [-0.4, -0.2) is 26.1 Å². The average Bonchev–Trinajstić information content (AvgIpc) is 2.89. The zero-order valence-electron chi connectivity index (χ0n) is 12.4. The molecule has 128 valence electrons. The van der Waals surface area contributed by atoms with Gasteiger partial charge in [-0.25, -0.2) is 8.42 Å². The van der Waals surface area contributed by atoms with Gasteiger partial charge in [0.2, 0.25) is 5.91 Å². The maximum Gasteiger partial charge on any atom is 0.416 e. The minimum atomic E-state index is -4.53. The van der Waals surface area contributed by atoms with E-state index in [1.54, 1.807) is 0 Å². The lowest BCUT2D eigenvalue weighted by molar-refractivity contribution is -0.137. The Kier molecular flexibility index (Phi) is 5.33. The van der Waals surface area contributed by atoms with Crippen molar-refractivity contribution in [2.75, 3.05) is 5.75 Å². The first-order valence-electron chi connectivity index (χ1n) is 7.32. The van der Waals surface area contributed by atoms with Gasteiger partial charge >= 0.3 is 6.18 Å². The number of carbonyl (C=O) groups excluding carboxylic acids is 1. The fourth-order valence-electron chi connectivity index (χ4n) is 2.68. The zero-order valence-corrected chi connectivity index (χ0v) is 13.2. The first-order chi connectivity index (χ1) is 10.7. The Morgan fingerprint density at radius 1 is 1.22 bits per heavy atom. The van der Waals surface area contributed by atoms with Crippen molar-refractivity contribution in [2.24, 2.45) is 0 Å². The van der Waals surface area contributed by atoms with Crippen LogP contribution < -0.4 is 5.32 Å². The van der Waals surface area contributed by atoms with Gasteiger partial charge in [-0.05, 0) is 24.5 Å². The third-order valence-electron chi connectivity index (χ3n) is 3.71. The number of hydrogen-bond donors (Lipinski definition) is 1. The second-order valence-electron chi connectivity index (χ2n) is 5.78. The number of carbonyl (C=O) groups is 1. The number of rotatable bonds is 5. The van der Waals surface area contributed by atoms with Gasteiger partial charge in [0.1, 0.15) is 5.75 Å². The van der Waals surface area contributed by atoms with Crippen molar-refractivity contribution < 1.29 is 26.4 Å². The lowest BCUT2D eigenvalue weighted by Gasteiger charge is -2.12. The van der Waals surface area contributed by atoms with E-state index in [2.05, 4.69) is 5.32 Å². The maximum absolute atomic E-state index is 12.6. The van der Waals surface area contributed by atoms with Crippen molar-refractivity contribution in [3.63, 3.8) is 0 Å². The molecule has 1 saturated carbocycles. The van der Waals surface area contributed by atoms with E-state index < -0.39 is 39.0 Å². The lowest BCUT2D eigenvalue weighted by Crippen LogP contribution is -2.37. The number of benzene rings is 1. The van der Waals surface area contributed by atoms with E-state index in [1.165, 1.54) is 6.07 Å². The Bertz CT molecular complexity index is 665. The molecule has 0 aromatic heterocycles. The van der Waals surface area contributed by atoms with E-state index in [0.29, 0.717) is 0 Å². The van der Waals surface area contributed by atoms with Crippen LogP contribution in [0.3, 0.4) is 0 Å². The molecule has 1 N–H and O–H groups in total. The first kappa shape index (κ1) is 17.8. The molecule has 1 aromatic carbocycles. The molecule has 8 heteroatoms. The zero-order chi connectivity index (χ0) is 17.1. The van der Waals surface area contributed by atoms with E-state index in [9.17, 15) is 26.4 Å². The third-order valence-corrected chi connectivity index (χ3v) is 5.19. The van der Waals surface area contributed by atoms with E-state index in [0.717, 1.165) is 43.9 Å². The van der Waals surface area contributed by atoms with Gasteiger partial charge in [-0.1, -0.05) is 31.0 Å². The first-order valence-corrected chi connectivity index (χ1v) is 9.14. The van der Waals surface area contributed by atoms with E-state index in [1.807, 2.05) is 0 Å². The summed E-state index contributed by atoms with van der Waals surface area (Å²) in [7, 11) is -3.82. The van der Waals surface area contributed by atoms with Crippen LogP contribution in [0.2, 0.25) is 0 Å². The maximum atomic E-state index is 12.6. The molecule has 0 atom stereocenters. The Hall–Kier alpha value is -1.57. The highest BCUT2D eigenvalue weighted by atomic mass is 32.2. The highest BCUT2D eigenvalue weighted by molar-refractivity contribution is 7.91. The Morgan fingerprint density at radius 3 is 2.48 bits per heavy atom. The van der Waals surface area contributed by atoms with Crippen molar-refractivity contribution in [1.29, 1.82) is 0 Å². The Labute approximate surface area is 133 Å². The molecule has 0 heterocycles. The molecule has 0 saturated heterocycles. The van der Waals surface area contributed by atoms with Crippen LogP contribution in [0.25, 0.3) is 0 Å². The highest BCUT2D eigenvalue weighted by Gasteiger charge is 2.31. The largest absolute Gasteiger partial charge is 0.416 e. The molecular formula is C15H18F3NO3S. The predicted octanol–water partition coefficient (Wildman–Crippen LogP) is 2.68. The molecule has 0 aliphatic heterocycles. The summed E-state index contributed by atoms with van der Waals surface area (Å²) in [5.41, 5.74) is -0.880. The summed E-state index contributed by atoms with van der Waals surface area (Å²) < 4.78 is 61.9. The predicted molar refractivity (Wildman–Crippen MR) is 79.3 cm³/mol. The molecule has 0 unspecified atom stereocenters. The summed E-state index contributed by atoms with van der Waals surface area (Å²) >= 11 is 0. The van der Waals surface area contributed by atoms with Gasteiger partial charge in [0.05, 0.1) is 11.3 Å². The molecular weight excluding hydrogens is 331 g/mol. The number of halogens is 3. The highest BCUT2D eigenvalue weighted by Crippen LogP contribution is 2.29. The van der Waals surface area contributed by atoms with Crippen LogP contribution >= 0.6 is 0 Å². The minimum Gasteiger partial charge on any atom is -0.352 e. The third kappa shape index (κ3) is 5.53. The molecule has 1 aromatic rings. The van der Waals surface area contributed by atoms with Gasteiger partial charge in [-0.2, -0.15) is 13.2 Å². The van der Waals surface area contributed by atoms with Crippen molar-refractivity contribution in [1.82, 2.24) is 5.32 Å². The smallest absolute Gasteiger partial charge is 0.352 e. The molecule has 1 aliphatic carbocycles. The van der Waals surface area contributed by atoms with Crippen LogP contribution in [0, 0.1) is 0 Å². The molecule has 1 aliphatic rings. The summed E-state index contributed by atoms with van der Waals surface area (Å²) in [4.78, 5) is 11.8. The Morgan fingerprint density at radius 2 is 1.87 bits per heavy atom. The topological polar surface area (TPSA) is 63.2 Å². The summed E-state index contributed by atoms with van der Waals surface area (Å²) in [5, 5.41) is 2.66. The molecule has 2 rings (SSSR count). The molecule has 4 nitrogen and oxygen atoms in total. The second-order valence-corrected chi connectivity index (χ2v) is 7.84. The van der Waals surface area contributed by atoms with E-state index in [4.69, 9.17) is 0 Å². The van der Waals surface area contributed by atoms with Crippen LogP contribution in [-0.2, 0) is 26.6 Å². The summed E-state index contributed by atoms with van der Waals surface area (Å²) in [6.45, 7) is 0. The van der Waals surface area contributed by atoms with Gasteiger partial charge in [-0.3, -0.25) is 4.79 Å². The van der Waals surface area contributed by atoms with Gasteiger partial charge in [0, 0.05) is 6.04 Å². The summed E-state index contributed by atoms with van der Waals surface area (Å²) in [6.07, 6.45) is -0.859. The SMILES string of the molecule is O=C(CS(=O)(=O)Cc1cccc(C(F)(F)F)c1)NC1CCCC1. The van der Waals surface area contributed by atoms with Crippen molar-refractivity contribution in [2.45, 2.75) is 43.7 Å². The number of amides is 1. The van der Waals surface area contributed by atoms with Crippen LogP contribution in [0.5, 0.6) is 0 Å². The molecule has 0 spiro atoms. The van der Waals surface area contributed by atoms with Crippen molar-refractivity contribution in [3.8, 4) is 0 Å². The average molecular weight is 349 g/mol. The van der Waals surface area contributed by atoms with E-state index >= 15 is 0 Å². The quantitative estimate of drug-likeness (QED) is 0.889. The number of alkyl halides is 3. The van der Waals surface area contributed by atoms with Crippen LogP contribution in [0.4, 0.5) is 13.2 Å². The molecule has 0 bridgehead atoms. The lowest BCUT2D eigenvalue weighted by atomic mass is 10.1. The standard InChI is InChI=1S/C15H18F3NO3S/c16-15(17,18)12-5-3-4-11(8-12)9-23(21,22)10-14(20)19-13-6-1-2-7-13/h3-5,8,13H,1-2,6-7,9-10H2,(H,19,20). The van der Waals surface area contributed by atoms with Gasteiger partial charge in [0.25, 0.3) is 0 Å². The summed E-state index contributed by atoms with van der Waals surface area (Å²) in [6, 6.07) is 4.15. The molecule has 0 radical (unpaired) electrons. The second kappa shape index (κ2) is 6.90. The number of nitrogens with one attached hydrogen (secondary N) is 1. The Balaban J connectivity index is 1.99. The molecule has 23 heavy (non-hydrogen) atoms. The normalized spacial score (nSPS) is 16.5. The van der Waals surface area contributed by atoms with Gasteiger partial charge in [-0.15, -0.1) is 0 Å². The monoisotopic (exact) mass is 349 g/mol. The van der Waals surface area contributed by atoms with Gasteiger partial charge < -0.3 is 5.32 Å².